The summed E-state index contributed by atoms with van der Waals surface area (Å²) < 4.78 is 13.2. The van der Waals surface area contributed by atoms with Crippen molar-refractivity contribution in [1.29, 1.82) is 0 Å². The lowest BCUT2D eigenvalue weighted by molar-refractivity contribution is 0.0696. The molecule has 92 valence electrons. The molecule has 0 aliphatic carbocycles. The first-order chi connectivity index (χ1) is 8.49. The molecule has 0 spiro atoms. The van der Waals surface area contributed by atoms with Crippen molar-refractivity contribution in [3.8, 4) is 16.9 Å². The fourth-order valence-electron chi connectivity index (χ4n) is 1.44. The minimum Gasteiger partial charge on any atom is -0.505 e. The van der Waals surface area contributed by atoms with Gasteiger partial charge in [0.2, 0.25) is 0 Å². The van der Waals surface area contributed by atoms with Crippen LogP contribution >= 0.6 is 11.6 Å². The lowest BCUT2D eigenvalue weighted by Crippen LogP contribution is -1.99. The second-order valence-electron chi connectivity index (χ2n) is 3.53. The number of carboxylic acids is 1. The number of nitrogens with zero attached hydrogens (tertiary/aromatic N) is 1. The van der Waals surface area contributed by atoms with Crippen LogP contribution in [0.15, 0.2) is 30.5 Å². The van der Waals surface area contributed by atoms with E-state index in [4.69, 9.17) is 21.8 Å². The van der Waals surface area contributed by atoms with E-state index in [9.17, 15) is 9.18 Å². The van der Waals surface area contributed by atoms with E-state index in [-0.39, 0.29) is 10.7 Å². The Morgan fingerprint density at radius 1 is 1.28 bits per heavy atom. The molecule has 1 aromatic carbocycles. The fourth-order valence-corrected chi connectivity index (χ4v) is 1.63. The molecule has 1 heterocycles. The van der Waals surface area contributed by atoms with E-state index < -0.39 is 17.5 Å². The van der Waals surface area contributed by atoms with E-state index in [0.717, 1.165) is 6.07 Å². The summed E-state index contributed by atoms with van der Waals surface area (Å²) in [5.41, 5.74) is 0.635. The molecule has 18 heavy (non-hydrogen) atoms. The van der Waals surface area contributed by atoms with Crippen LogP contribution in [0.4, 0.5) is 4.39 Å². The van der Waals surface area contributed by atoms with Crippen molar-refractivity contribution in [3.63, 3.8) is 0 Å². The standard InChI is InChI=1S/C12H7ClFNO3/c13-11-8(12(17)18)3-7(5-15-11)6-1-2-10(16)9(14)4-6/h1-5,16H,(H,17,18). The normalized spacial score (nSPS) is 10.3. The fraction of sp³-hybridized carbons (Fsp3) is 0. The molecule has 0 amide bonds. The minimum absolute atomic E-state index is 0.134. The smallest absolute Gasteiger partial charge is 0.338 e. The molecule has 0 fully saturated rings. The van der Waals surface area contributed by atoms with Gasteiger partial charge in [0.1, 0.15) is 5.15 Å². The van der Waals surface area contributed by atoms with Crippen LogP contribution in [0.2, 0.25) is 5.15 Å². The van der Waals surface area contributed by atoms with E-state index >= 15 is 0 Å². The molecule has 6 heteroatoms. The number of hydrogen-bond donors (Lipinski definition) is 2. The van der Waals surface area contributed by atoms with Gasteiger partial charge in [0.15, 0.2) is 11.6 Å². The summed E-state index contributed by atoms with van der Waals surface area (Å²) >= 11 is 5.63. The number of rotatable bonds is 2. The molecule has 2 N–H and O–H groups in total. The quantitative estimate of drug-likeness (QED) is 0.821. The van der Waals surface area contributed by atoms with Crippen molar-refractivity contribution in [2.24, 2.45) is 0 Å². The summed E-state index contributed by atoms with van der Waals surface area (Å²) in [5.74, 6) is -2.48. The number of benzene rings is 1. The Morgan fingerprint density at radius 2 is 2.00 bits per heavy atom. The average Bonchev–Trinajstić information content (AvgIpc) is 2.33. The van der Waals surface area contributed by atoms with Crippen LogP contribution in [0, 0.1) is 5.82 Å². The van der Waals surface area contributed by atoms with Gasteiger partial charge in [0.25, 0.3) is 0 Å². The molecule has 0 atom stereocenters. The summed E-state index contributed by atoms with van der Waals surface area (Å²) in [6.45, 7) is 0. The van der Waals surface area contributed by atoms with Crippen molar-refractivity contribution in [2.75, 3.05) is 0 Å². The van der Waals surface area contributed by atoms with E-state index in [1.54, 1.807) is 0 Å². The van der Waals surface area contributed by atoms with Gasteiger partial charge in [0, 0.05) is 11.8 Å². The van der Waals surface area contributed by atoms with Crippen molar-refractivity contribution in [2.45, 2.75) is 0 Å². The number of hydrogen-bond acceptors (Lipinski definition) is 3. The second-order valence-corrected chi connectivity index (χ2v) is 3.89. The predicted molar refractivity (Wildman–Crippen MR) is 63.3 cm³/mol. The zero-order chi connectivity index (χ0) is 13.3. The monoisotopic (exact) mass is 267 g/mol. The van der Waals surface area contributed by atoms with Crippen LogP contribution in [-0.2, 0) is 0 Å². The van der Waals surface area contributed by atoms with Gasteiger partial charge in [-0.15, -0.1) is 0 Å². The third-order valence-corrected chi connectivity index (χ3v) is 2.65. The number of carbonyl (C=O) groups is 1. The molecule has 1 aromatic heterocycles. The highest BCUT2D eigenvalue weighted by Gasteiger charge is 2.12. The summed E-state index contributed by atoms with van der Waals surface area (Å²) in [5, 5.41) is 17.8. The van der Waals surface area contributed by atoms with Gasteiger partial charge in [0.05, 0.1) is 5.56 Å². The first-order valence-electron chi connectivity index (χ1n) is 4.87. The van der Waals surface area contributed by atoms with Gasteiger partial charge in [-0.1, -0.05) is 17.7 Å². The molecule has 4 nitrogen and oxygen atoms in total. The molecule has 0 saturated heterocycles. The van der Waals surface area contributed by atoms with Crippen LogP contribution in [0.1, 0.15) is 10.4 Å². The average molecular weight is 268 g/mol. The van der Waals surface area contributed by atoms with E-state index in [1.807, 2.05) is 0 Å². The van der Waals surface area contributed by atoms with E-state index in [2.05, 4.69) is 4.98 Å². The molecule has 0 aliphatic rings. The van der Waals surface area contributed by atoms with Crippen molar-refractivity contribution >= 4 is 17.6 Å². The Hall–Kier alpha value is -2.14. The number of pyridine rings is 1. The van der Waals surface area contributed by atoms with E-state index in [0.29, 0.717) is 11.1 Å². The third kappa shape index (κ3) is 2.26. The molecule has 0 radical (unpaired) electrons. The highest BCUT2D eigenvalue weighted by molar-refractivity contribution is 6.32. The molecule has 2 rings (SSSR count). The Labute approximate surface area is 106 Å². The van der Waals surface area contributed by atoms with Gasteiger partial charge in [-0.05, 0) is 23.8 Å². The third-order valence-electron chi connectivity index (χ3n) is 2.35. The summed E-state index contributed by atoms with van der Waals surface area (Å²) in [6.07, 6.45) is 1.33. The number of aromatic carboxylic acids is 1. The Balaban J connectivity index is 2.54. The molecule has 0 aliphatic heterocycles. The molecular weight excluding hydrogens is 261 g/mol. The summed E-state index contributed by atoms with van der Waals surface area (Å²) in [7, 11) is 0. The summed E-state index contributed by atoms with van der Waals surface area (Å²) in [4.78, 5) is 14.6. The maximum atomic E-state index is 13.2. The van der Waals surface area contributed by atoms with Gasteiger partial charge in [-0.3, -0.25) is 0 Å². The van der Waals surface area contributed by atoms with Crippen LogP contribution in [-0.4, -0.2) is 21.2 Å². The zero-order valence-electron chi connectivity index (χ0n) is 8.89. The molecular formula is C12H7ClFNO3. The highest BCUT2D eigenvalue weighted by Crippen LogP contribution is 2.26. The topological polar surface area (TPSA) is 70.4 Å². The maximum Gasteiger partial charge on any atom is 0.338 e. The predicted octanol–water partition coefficient (Wildman–Crippen LogP) is 2.94. The van der Waals surface area contributed by atoms with Crippen molar-refractivity contribution in [1.82, 2.24) is 4.98 Å². The van der Waals surface area contributed by atoms with Crippen molar-refractivity contribution in [3.05, 3.63) is 47.0 Å². The Bertz CT molecular complexity index is 631. The van der Waals surface area contributed by atoms with E-state index in [1.165, 1.54) is 24.4 Å². The lowest BCUT2D eigenvalue weighted by atomic mass is 10.1. The molecule has 0 unspecified atom stereocenters. The van der Waals surface area contributed by atoms with Crippen LogP contribution in [0.25, 0.3) is 11.1 Å². The van der Waals surface area contributed by atoms with Crippen LogP contribution in [0.5, 0.6) is 5.75 Å². The Morgan fingerprint density at radius 3 is 2.61 bits per heavy atom. The number of aromatic nitrogens is 1. The van der Waals surface area contributed by atoms with Gasteiger partial charge < -0.3 is 10.2 Å². The van der Waals surface area contributed by atoms with Crippen molar-refractivity contribution < 1.29 is 19.4 Å². The highest BCUT2D eigenvalue weighted by atomic mass is 35.5. The van der Waals surface area contributed by atoms with Crippen LogP contribution < -0.4 is 0 Å². The number of phenols is 1. The molecule has 0 saturated carbocycles. The van der Waals surface area contributed by atoms with Gasteiger partial charge in [-0.2, -0.15) is 0 Å². The first-order valence-corrected chi connectivity index (χ1v) is 5.24. The number of phenolic OH excluding ortho intramolecular Hbond substituents is 1. The first kappa shape index (κ1) is 12.3. The molecule has 2 aromatic rings. The number of halogens is 2. The SMILES string of the molecule is O=C(O)c1cc(-c2ccc(O)c(F)c2)cnc1Cl. The summed E-state index contributed by atoms with van der Waals surface area (Å²) in [6, 6.07) is 5.02. The lowest BCUT2D eigenvalue weighted by Gasteiger charge is -2.05. The van der Waals surface area contributed by atoms with Crippen LogP contribution in [0.3, 0.4) is 0 Å². The Kier molecular flexibility index (Phi) is 3.16. The maximum absolute atomic E-state index is 13.2. The zero-order valence-corrected chi connectivity index (χ0v) is 9.65. The largest absolute Gasteiger partial charge is 0.505 e. The number of carboxylic acid groups (broad SMARTS) is 1. The molecule has 0 bridgehead atoms. The minimum atomic E-state index is -1.21. The van der Waals surface area contributed by atoms with Gasteiger partial charge in [-0.25, -0.2) is 14.2 Å². The second kappa shape index (κ2) is 4.62. The number of aromatic hydroxyl groups is 1. The van der Waals surface area contributed by atoms with Gasteiger partial charge >= 0.3 is 5.97 Å².